The predicted octanol–water partition coefficient (Wildman–Crippen LogP) is 2.28. The molecule has 0 bridgehead atoms. The number of para-hydroxylation sites is 1. The van der Waals surface area contributed by atoms with E-state index in [0.717, 1.165) is 5.69 Å². The second-order valence-corrected chi connectivity index (χ2v) is 7.77. The third-order valence-electron chi connectivity index (χ3n) is 3.98. The largest absolute Gasteiger partial charge is 0.486 e. The van der Waals surface area contributed by atoms with Gasteiger partial charge >= 0.3 is 0 Å². The fraction of sp³-hybridized carbons (Fsp3) is 0.278. The maximum atomic E-state index is 12.5. The lowest BCUT2D eigenvalue weighted by Gasteiger charge is -2.19. The van der Waals surface area contributed by atoms with E-state index in [-0.39, 0.29) is 23.0 Å². The molecular weight excluding hydrogens is 342 g/mol. The number of anilines is 1. The standard InChI is InChI=1S/C18H19NO5S/c1-19(14-5-3-2-4-6-14)18(20)9-12-25(21,22)15-7-8-16-17(13-15)24-11-10-23-16/h2-8,13H,9-12H2,1H3. The smallest absolute Gasteiger partial charge is 0.227 e. The Kier molecular flexibility index (Phi) is 4.94. The van der Waals surface area contributed by atoms with Gasteiger partial charge in [-0.2, -0.15) is 0 Å². The van der Waals surface area contributed by atoms with Crippen LogP contribution in [0.25, 0.3) is 0 Å². The first-order valence-electron chi connectivity index (χ1n) is 7.91. The minimum atomic E-state index is -3.59. The van der Waals surface area contributed by atoms with Crippen LogP contribution < -0.4 is 14.4 Å². The lowest BCUT2D eigenvalue weighted by atomic mass is 10.3. The van der Waals surface area contributed by atoms with E-state index in [2.05, 4.69) is 0 Å². The first-order chi connectivity index (χ1) is 12.0. The maximum Gasteiger partial charge on any atom is 0.227 e. The number of rotatable bonds is 5. The van der Waals surface area contributed by atoms with Gasteiger partial charge in [0.1, 0.15) is 13.2 Å². The molecule has 132 valence electrons. The molecule has 2 aromatic rings. The highest BCUT2D eigenvalue weighted by Crippen LogP contribution is 2.32. The van der Waals surface area contributed by atoms with E-state index in [1.807, 2.05) is 18.2 Å². The van der Waals surface area contributed by atoms with Gasteiger partial charge in [-0.25, -0.2) is 8.42 Å². The van der Waals surface area contributed by atoms with E-state index in [9.17, 15) is 13.2 Å². The van der Waals surface area contributed by atoms with Crippen molar-refractivity contribution in [2.75, 3.05) is 30.9 Å². The normalized spacial score (nSPS) is 13.3. The molecule has 0 saturated heterocycles. The molecule has 0 fully saturated rings. The molecule has 0 unspecified atom stereocenters. The van der Waals surface area contributed by atoms with Gasteiger partial charge in [-0.15, -0.1) is 0 Å². The summed E-state index contributed by atoms with van der Waals surface area (Å²) in [7, 11) is -1.95. The first-order valence-corrected chi connectivity index (χ1v) is 9.56. The highest BCUT2D eigenvalue weighted by molar-refractivity contribution is 7.91. The van der Waals surface area contributed by atoms with Gasteiger partial charge in [-0.1, -0.05) is 18.2 Å². The van der Waals surface area contributed by atoms with Crippen LogP contribution in [0, 0.1) is 0 Å². The Bertz CT molecular complexity index is 864. The predicted molar refractivity (Wildman–Crippen MR) is 94.0 cm³/mol. The Morgan fingerprint density at radius 1 is 1.04 bits per heavy atom. The van der Waals surface area contributed by atoms with E-state index >= 15 is 0 Å². The molecular formula is C18H19NO5S. The van der Waals surface area contributed by atoms with Crippen molar-refractivity contribution >= 4 is 21.4 Å². The summed E-state index contributed by atoms with van der Waals surface area (Å²) in [5.74, 6) is 0.431. The second-order valence-electron chi connectivity index (χ2n) is 5.66. The van der Waals surface area contributed by atoms with E-state index < -0.39 is 9.84 Å². The topological polar surface area (TPSA) is 72.9 Å². The van der Waals surface area contributed by atoms with Gasteiger partial charge in [0.25, 0.3) is 0 Å². The zero-order valence-electron chi connectivity index (χ0n) is 13.8. The van der Waals surface area contributed by atoms with Crippen LogP contribution in [0.15, 0.2) is 53.4 Å². The summed E-state index contributed by atoms with van der Waals surface area (Å²) in [6, 6.07) is 13.6. The highest BCUT2D eigenvalue weighted by atomic mass is 32.2. The number of hydrogen-bond donors (Lipinski definition) is 0. The van der Waals surface area contributed by atoms with Crippen molar-refractivity contribution in [3.63, 3.8) is 0 Å². The summed E-state index contributed by atoms with van der Waals surface area (Å²) >= 11 is 0. The van der Waals surface area contributed by atoms with Gasteiger partial charge in [0, 0.05) is 25.2 Å². The van der Waals surface area contributed by atoms with Crippen LogP contribution in [-0.4, -0.2) is 40.3 Å². The lowest BCUT2D eigenvalue weighted by Crippen LogP contribution is -2.28. The van der Waals surface area contributed by atoms with Gasteiger partial charge < -0.3 is 14.4 Å². The zero-order valence-corrected chi connectivity index (χ0v) is 14.7. The van der Waals surface area contributed by atoms with Crippen molar-refractivity contribution in [3.8, 4) is 11.5 Å². The number of hydrogen-bond acceptors (Lipinski definition) is 5. The van der Waals surface area contributed by atoms with E-state index in [1.165, 1.54) is 17.0 Å². The Morgan fingerprint density at radius 3 is 2.44 bits per heavy atom. The Hall–Kier alpha value is -2.54. The Balaban J connectivity index is 1.68. The first kappa shape index (κ1) is 17.3. The van der Waals surface area contributed by atoms with Crippen molar-refractivity contribution in [1.29, 1.82) is 0 Å². The van der Waals surface area contributed by atoms with E-state index in [4.69, 9.17) is 9.47 Å². The molecule has 0 N–H and O–H groups in total. The zero-order chi connectivity index (χ0) is 17.9. The number of benzene rings is 2. The molecule has 25 heavy (non-hydrogen) atoms. The molecule has 6 nitrogen and oxygen atoms in total. The minimum absolute atomic E-state index is 0.0951. The molecule has 1 amide bonds. The third-order valence-corrected chi connectivity index (χ3v) is 5.69. The van der Waals surface area contributed by atoms with Crippen molar-refractivity contribution in [2.24, 2.45) is 0 Å². The Morgan fingerprint density at radius 2 is 1.72 bits per heavy atom. The van der Waals surface area contributed by atoms with Gasteiger partial charge in [-0.3, -0.25) is 4.79 Å². The maximum absolute atomic E-state index is 12.5. The van der Waals surface area contributed by atoms with Gasteiger partial charge in [0.2, 0.25) is 5.91 Å². The fourth-order valence-corrected chi connectivity index (χ4v) is 3.76. The number of carbonyl (C=O) groups excluding carboxylic acids is 1. The molecule has 0 radical (unpaired) electrons. The summed E-state index contributed by atoms with van der Waals surface area (Å²) in [6.07, 6.45) is -0.0951. The fourth-order valence-electron chi connectivity index (χ4n) is 2.52. The summed E-state index contributed by atoms with van der Waals surface area (Å²) in [5.41, 5.74) is 0.726. The average Bonchev–Trinajstić information content (AvgIpc) is 2.66. The lowest BCUT2D eigenvalue weighted by molar-refractivity contribution is -0.117. The third kappa shape index (κ3) is 3.93. The van der Waals surface area contributed by atoms with Crippen LogP contribution in [0.4, 0.5) is 5.69 Å². The molecule has 0 atom stereocenters. The number of carbonyl (C=O) groups is 1. The molecule has 1 aliphatic rings. The van der Waals surface area contributed by atoms with Crippen LogP contribution in [-0.2, 0) is 14.6 Å². The molecule has 3 rings (SSSR count). The number of nitrogens with zero attached hydrogens (tertiary/aromatic N) is 1. The second kappa shape index (κ2) is 7.14. The minimum Gasteiger partial charge on any atom is -0.486 e. The van der Waals surface area contributed by atoms with Gasteiger partial charge in [0.15, 0.2) is 21.3 Å². The van der Waals surface area contributed by atoms with Crippen LogP contribution >= 0.6 is 0 Å². The van der Waals surface area contributed by atoms with Crippen molar-refractivity contribution in [2.45, 2.75) is 11.3 Å². The molecule has 0 spiro atoms. The molecule has 0 aliphatic carbocycles. The van der Waals surface area contributed by atoms with Crippen molar-refractivity contribution in [1.82, 2.24) is 0 Å². The summed E-state index contributed by atoms with van der Waals surface area (Å²) in [6.45, 7) is 0.830. The summed E-state index contributed by atoms with van der Waals surface area (Å²) in [4.78, 5) is 13.9. The van der Waals surface area contributed by atoms with Gasteiger partial charge in [-0.05, 0) is 24.3 Å². The molecule has 1 aliphatic heterocycles. The molecule has 1 heterocycles. The van der Waals surface area contributed by atoms with Crippen LogP contribution in [0.3, 0.4) is 0 Å². The molecule has 0 aromatic heterocycles. The molecule has 0 saturated carbocycles. The summed E-state index contributed by atoms with van der Waals surface area (Å²) in [5, 5.41) is 0. The van der Waals surface area contributed by atoms with Crippen LogP contribution in [0.5, 0.6) is 11.5 Å². The van der Waals surface area contributed by atoms with Crippen LogP contribution in [0.1, 0.15) is 6.42 Å². The Labute approximate surface area is 146 Å². The quantitative estimate of drug-likeness (QED) is 0.817. The van der Waals surface area contributed by atoms with E-state index in [0.29, 0.717) is 24.7 Å². The van der Waals surface area contributed by atoms with Crippen LogP contribution in [0.2, 0.25) is 0 Å². The average molecular weight is 361 g/mol. The van der Waals surface area contributed by atoms with Crippen molar-refractivity contribution in [3.05, 3.63) is 48.5 Å². The SMILES string of the molecule is CN(C(=O)CCS(=O)(=O)c1ccc2c(c1)OCCO2)c1ccccc1. The number of fused-ring (bicyclic) bond motifs is 1. The summed E-state index contributed by atoms with van der Waals surface area (Å²) < 4.78 is 35.8. The number of ether oxygens (including phenoxy) is 2. The number of amides is 1. The molecule has 7 heteroatoms. The monoisotopic (exact) mass is 361 g/mol. The number of sulfone groups is 1. The molecule has 2 aromatic carbocycles. The van der Waals surface area contributed by atoms with Gasteiger partial charge in [0.05, 0.1) is 10.6 Å². The van der Waals surface area contributed by atoms with Crippen molar-refractivity contribution < 1.29 is 22.7 Å². The highest BCUT2D eigenvalue weighted by Gasteiger charge is 2.21. The van der Waals surface area contributed by atoms with E-state index in [1.54, 1.807) is 25.2 Å².